The van der Waals surface area contributed by atoms with Crippen molar-refractivity contribution in [1.29, 1.82) is 0 Å². The van der Waals surface area contributed by atoms with Gasteiger partial charge < -0.3 is 10.1 Å². The number of aryl methyl sites for hydroxylation is 1. The van der Waals surface area contributed by atoms with Gasteiger partial charge in [0.15, 0.2) is 0 Å². The van der Waals surface area contributed by atoms with Gasteiger partial charge in [0, 0.05) is 5.69 Å². The molecule has 0 amide bonds. The SMILES string of the molecule is Cc1ccc(OC(=O)C2C=Cc3ccccc3N2)cc1. The Kier molecular flexibility index (Phi) is 3.25. The molecule has 20 heavy (non-hydrogen) atoms. The van der Waals surface area contributed by atoms with Crippen LogP contribution < -0.4 is 10.1 Å². The van der Waals surface area contributed by atoms with Gasteiger partial charge in [-0.05, 0) is 30.7 Å². The van der Waals surface area contributed by atoms with Crippen LogP contribution in [0.15, 0.2) is 54.6 Å². The monoisotopic (exact) mass is 265 g/mol. The van der Waals surface area contributed by atoms with Crippen molar-refractivity contribution in [2.24, 2.45) is 0 Å². The Labute approximate surface area is 117 Å². The van der Waals surface area contributed by atoms with E-state index in [0.29, 0.717) is 5.75 Å². The summed E-state index contributed by atoms with van der Waals surface area (Å²) in [7, 11) is 0. The Balaban J connectivity index is 1.72. The summed E-state index contributed by atoms with van der Waals surface area (Å²) in [4.78, 5) is 12.1. The first-order valence-electron chi connectivity index (χ1n) is 6.54. The van der Waals surface area contributed by atoms with Crippen LogP contribution in [0.3, 0.4) is 0 Å². The third-order valence-corrected chi connectivity index (χ3v) is 3.23. The Hall–Kier alpha value is -2.55. The summed E-state index contributed by atoms with van der Waals surface area (Å²) < 4.78 is 5.37. The van der Waals surface area contributed by atoms with Gasteiger partial charge in [-0.25, -0.2) is 4.79 Å². The molecule has 3 nitrogen and oxygen atoms in total. The van der Waals surface area contributed by atoms with Crippen LogP contribution in [0.4, 0.5) is 5.69 Å². The lowest BCUT2D eigenvalue weighted by molar-refractivity contribution is -0.134. The van der Waals surface area contributed by atoms with Crippen molar-refractivity contribution in [2.45, 2.75) is 13.0 Å². The van der Waals surface area contributed by atoms with E-state index in [2.05, 4.69) is 5.32 Å². The normalized spacial score (nSPS) is 16.1. The van der Waals surface area contributed by atoms with E-state index >= 15 is 0 Å². The number of ether oxygens (including phenoxy) is 1. The molecule has 0 saturated carbocycles. The number of anilines is 1. The average Bonchev–Trinajstić information content (AvgIpc) is 2.49. The number of esters is 1. The summed E-state index contributed by atoms with van der Waals surface area (Å²) in [5.74, 6) is 0.259. The second-order valence-corrected chi connectivity index (χ2v) is 4.80. The molecule has 1 aliphatic heterocycles. The molecule has 1 aliphatic rings. The summed E-state index contributed by atoms with van der Waals surface area (Å²) in [6.45, 7) is 1.99. The Morgan fingerprint density at radius 1 is 1.10 bits per heavy atom. The summed E-state index contributed by atoms with van der Waals surface area (Å²) >= 11 is 0. The highest BCUT2D eigenvalue weighted by atomic mass is 16.5. The van der Waals surface area contributed by atoms with E-state index in [1.54, 1.807) is 12.1 Å². The zero-order chi connectivity index (χ0) is 13.9. The molecule has 3 heteroatoms. The Bertz CT molecular complexity index is 659. The lowest BCUT2D eigenvalue weighted by Gasteiger charge is -2.20. The molecule has 2 aromatic carbocycles. The molecule has 1 N–H and O–H groups in total. The maximum atomic E-state index is 12.1. The number of nitrogens with one attached hydrogen (secondary N) is 1. The lowest BCUT2D eigenvalue weighted by Crippen LogP contribution is -2.33. The molecule has 3 rings (SSSR count). The van der Waals surface area contributed by atoms with Gasteiger partial charge in [-0.15, -0.1) is 0 Å². The predicted molar refractivity (Wildman–Crippen MR) is 79.7 cm³/mol. The molecule has 2 aromatic rings. The number of para-hydroxylation sites is 1. The molecular weight excluding hydrogens is 250 g/mol. The van der Waals surface area contributed by atoms with Crippen LogP contribution in [0.1, 0.15) is 11.1 Å². The third-order valence-electron chi connectivity index (χ3n) is 3.23. The predicted octanol–water partition coefficient (Wildman–Crippen LogP) is 3.41. The van der Waals surface area contributed by atoms with Gasteiger partial charge in [0.1, 0.15) is 11.8 Å². The minimum absolute atomic E-state index is 0.306. The maximum absolute atomic E-state index is 12.1. The molecule has 0 aromatic heterocycles. The van der Waals surface area contributed by atoms with Gasteiger partial charge >= 0.3 is 5.97 Å². The number of carbonyl (C=O) groups is 1. The van der Waals surface area contributed by atoms with E-state index in [-0.39, 0.29) is 5.97 Å². The highest BCUT2D eigenvalue weighted by Crippen LogP contribution is 2.23. The van der Waals surface area contributed by atoms with Crippen molar-refractivity contribution in [2.75, 3.05) is 5.32 Å². The molecular formula is C17H15NO2. The van der Waals surface area contributed by atoms with Gasteiger partial charge in [0.2, 0.25) is 0 Å². The number of benzene rings is 2. The second-order valence-electron chi connectivity index (χ2n) is 4.80. The quantitative estimate of drug-likeness (QED) is 0.668. The van der Waals surface area contributed by atoms with Crippen molar-refractivity contribution in [3.63, 3.8) is 0 Å². The smallest absolute Gasteiger partial charge is 0.338 e. The molecule has 1 unspecified atom stereocenters. The molecule has 0 bridgehead atoms. The average molecular weight is 265 g/mol. The van der Waals surface area contributed by atoms with Gasteiger partial charge in [-0.3, -0.25) is 0 Å². The van der Waals surface area contributed by atoms with Gasteiger partial charge in [0.05, 0.1) is 0 Å². The van der Waals surface area contributed by atoms with Gasteiger partial charge in [0.25, 0.3) is 0 Å². The molecule has 1 atom stereocenters. The minimum Gasteiger partial charge on any atom is -0.425 e. The number of hydrogen-bond donors (Lipinski definition) is 1. The summed E-state index contributed by atoms with van der Waals surface area (Å²) in [5.41, 5.74) is 3.15. The molecule has 0 aliphatic carbocycles. The Morgan fingerprint density at radius 2 is 1.85 bits per heavy atom. The van der Waals surface area contributed by atoms with Crippen molar-refractivity contribution in [3.8, 4) is 5.75 Å². The van der Waals surface area contributed by atoms with Crippen molar-refractivity contribution >= 4 is 17.7 Å². The first-order chi connectivity index (χ1) is 9.72. The number of hydrogen-bond acceptors (Lipinski definition) is 3. The van der Waals surface area contributed by atoms with Crippen LogP contribution in [0.25, 0.3) is 6.08 Å². The summed E-state index contributed by atoms with van der Waals surface area (Å²) in [6.07, 6.45) is 3.76. The fraction of sp³-hybridized carbons (Fsp3) is 0.118. The molecule has 100 valence electrons. The van der Waals surface area contributed by atoms with Crippen molar-refractivity contribution in [1.82, 2.24) is 0 Å². The number of rotatable bonds is 2. The topological polar surface area (TPSA) is 38.3 Å². The maximum Gasteiger partial charge on any atom is 0.338 e. The van der Waals surface area contributed by atoms with Crippen LogP contribution in [0, 0.1) is 6.92 Å². The van der Waals surface area contributed by atoms with E-state index in [9.17, 15) is 4.79 Å². The van der Waals surface area contributed by atoms with E-state index in [0.717, 1.165) is 16.8 Å². The van der Waals surface area contributed by atoms with Crippen LogP contribution >= 0.6 is 0 Å². The fourth-order valence-electron chi connectivity index (χ4n) is 2.11. The van der Waals surface area contributed by atoms with Gasteiger partial charge in [-0.1, -0.05) is 48.0 Å². The molecule has 0 fully saturated rings. The van der Waals surface area contributed by atoms with E-state index in [1.807, 2.05) is 55.5 Å². The highest BCUT2D eigenvalue weighted by Gasteiger charge is 2.21. The van der Waals surface area contributed by atoms with Crippen molar-refractivity contribution < 1.29 is 9.53 Å². The van der Waals surface area contributed by atoms with Crippen LogP contribution in [-0.4, -0.2) is 12.0 Å². The number of carbonyl (C=O) groups excluding carboxylic acids is 1. The first kappa shape index (κ1) is 12.5. The molecule has 1 heterocycles. The Morgan fingerprint density at radius 3 is 2.65 bits per heavy atom. The minimum atomic E-state index is -0.453. The zero-order valence-electron chi connectivity index (χ0n) is 11.2. The standard InChI is InChI=1S/C17H15NO2/c1-12-6-9-14(10-7-12)20-17(19)16-11-8-13-4-2-3-5-15(13)18-16/h2-11,16,18H,1H3. The lowest BCUT2D eigenvalue weighted by atomic mass is 10.1. The van der Waals surface area contributed by atoms with E-state index in [4.69, 9.17) is 4.74 Å². The summed E-state index contributed by atoms with van der Waals surface area (Å²) in [6, 6.07) is 14.8. The first-order valence-corrected chi connectivity index (χ1v) is 6.54. The molecule has 0 saturated heterocycles. The second kappa shape index (κ2) is 5.21. The van der Waals surface area contributed by atoms with E-state index in [1.165, 1.54) is 0 Å². The molecule has 0 radical (unpaired) electrons. The van der Waals surface area contributed by atoms with Crippen LogP contribution in [-0.2, 0) is 4.79 Å². The highest BCUT2D eigenvalue weighted by molar-refractivity contribution is 5.88. The number of fused-ring (bicyclic) bond motifs is 1. The van der Waals surface area contributed by atoms with Crippen LogP contribution in [0.2, 0.25) is 0 Å². The fourth-order valence-corrected chi connectivity index (χ4v) is 2.11. The van der Waals surface area contributed by atoms with Crippen molar-refractivity contribution in [3.05, 3.63) is 65.7 Å². The third kappa shape index (κ3) is 2.57. The largest absolute Gasteiger partial charge is 0.425 e. The van der Waals surface area contributed by atoms with Gasteiger partial charge in [-0.2, -0.15) is 0 Å². The van der Waals surface area contributed by atoms with Crippen LogP contribution in [0.5, 0.6) is 5.75 Å². The zero-order valence-corrected chi connectivity index (χ0v) is 11.2. The van der Waals surface area contributed by atoms with E-state index < -0.39 is 6.04 Å². The summed E-state index contributed by atoms with van der Waals surface area (Å²) in [5, 5.41) is 3.17. The molecule has 0 spiro atoms.